The maximum atomic E-state index is 12.2. The molecule has 0 saturated carbocycles. The van der Waals surface area contributed by atoms with E-state index in [1.807, 2.05) is 6.92 Å². The number of sulfonamides is 1. The van der Waals surface area contributed by atoms with Crippen LogP contribution in [0, 0.1) is 6.92 Å². The SMILES string of the molecule is CN=C(NCCNS(=O)(=O)c1ccc(C)cc1)NCC1CCCO1.I. The van der Waals surface area contributed by atoms with Crippen LogP contribution in [0.1, 0.15) is 18.4 Å². The Labute approximate surface area is 167 Å². The van der Waals surface area contributed by atoms with Crippen molar-refractivity contribution in [2.45, 2.75) is 30.8 Å². The highest BCUT2D eigenvalue weighted by Gasteiger charge is 2.16. The number of guanidine groups is 1. The van der Waals surface area contributed by atoms with E-state index >= 15 is 0 Å². The zero-order valence-electron chi connectivity index (χ0n) is 14.6. The minimum Gasteiger partial charge on any atom is -0.376 e. The van der Waals surface area contributed by atoms with E-state index in [4.69, 9.17) is 4.74 Å². The Morgan fingerprint density at radius 3 is 2.56 bits per heavy atom. The summed E-state index contributed by atoms with van der Waals surface area (Å²) >= 11 is 0. The lowest BCUT2D eigenvalue weighted by atomic mass is 10.2. The van der Waals surface area contributed by atoms with Crippen molar-refractivity contribution in [3.63, 3.8) is 0 Å². The molecule has 0 aliphatic carbocycles. The predicted octanol–water partition coefficient (Wildman–Crippen LogP) is 1.24. The first-order valence-electron chi connectivity index (χ1n) is 8.14. The van der Waals surface area contributed by atoms with E-state index in [0.717, 1.165) is 25.0 Å². The van der Waals surface area contributed by atoms with Crippen LogP contribution in [0.25, 0.3) is 0 Å². The first-order chi connectivity index (χ1) is 11.5. The van der Waals surface area contributed by atoms with Crippen LogP contribution in [-0.4, -0.2) is 53.8 Å². The minimum absolute atomic E-state index is 0. The molecule has 9 heteroatoms. The van der Waals surface area contributed by atoms with Crippen LogP contribution in [0.2, 0.25) is 0 Å². The third-order valence-electron chi connectivity index (χ3n) is 3.79. The molecule has 142 valence electrons. The summed E-state index contributed by atoms with van der Waals surface area (Å²) in [5, 5.41) is 6.27. The maximum Gasteiger partial charge on any atom is 0.240 e. The van der Waals surface area contributed by atoms with Crippen molar-refractivity contribution < 1.29 is 13.2 Å². The molecule has 1 atom stereocenters. The molecule has 3 N–H and O–H groups in total. The number of nitrogens with zero attached hydrogens (tertiary/aromatic N) is 1. The molecule has 1 aromatic carbocycles. The van der Waals surface area contributed by atoms with Gasteiger partial charge in [-0.1, -0.05) is 17.7 Å². The molecule has 1 fully saturated rings. The first kappa shape index (κ1) is 22.1. The van der Waals surface area contributed by atoms with Gasteiger partial charge in [-0.3, -0.25) is 4.99 Å². The summed E-state index contributed by atoms with van der Waals surface area (Å²) < 4.78 is 32.4. The van der Waals surface area contributed by atoms with E-state index < -0.39 is 10.0 Å². The summed E-state index contributed by atoms with van der Waals surface area (Å²) in [5.41, 5.74) is 1.02. The van der Waals surface area contributed by atoms with Crippen molar-refractivity contribution in [1.82, 2.24) is 15.4 Å². The third kappa shape index (κ3) is 7.47. The van der Waals surface area contributed by atoms with Gasteiger partial charge < -0.3 is 15.4 Å². The number of ether oxygens (including phenoxy) is 1. The van der Waals surface area contributed by atoms with Crippen LogP contribution >= 0.6 is 24.0 Å². The van der Waals surface area contributed by atoms with Gasteiger partial charge in [0.05, 0.1) is 11.0 Å². The van der Waals surface area contributed by atoms with Gasteiger partial charge >= 0.3 is 0 Å². The van der Waals surface area contributed by atoms with E-state index in [9.17, 15) is 8.42 Å². The zero-order valence-corrected chi connectivity index (χ0v) is 17.8. The smallest absolute Gasteiger partial charge is 0.240 e. The predicted molar refractivity (Wildman–Crippen MR) is 110 cm³/mol. The Bertz CT molecular complexity index is 644. The highest BCUT2D eigenvalue weighted by molar-refractivity contribution is 14.0. The minimum atomic E-state index is -3.48. The van der Waals surface area contributed by atoms with Crippen molar-refractivity contribution in [3.8, 4) is 0 Å². The van der Waals surface area contributed by atoms with E-state index in [0.29, 0.717) is 19.0 Å². The van der Waals surface area contributed by atoms with Crippen LogP contribution in [-0.2, 0) is 14.8 Å². The fourth-order valence-corrected chi connectivity index (χ4v) is 3.44. The molecule has 0 aromatic heterocycles. The van der Waals surface area contributed by atoms with Crippen LogP contribution < -0.4 is 15.4 Å². The van der Waals surface area contributed by atoms with Crippen LogP contribution in [0.4, 0.5) is 0 Å². The Morgan fingerprint density at radius 1 is 1.24 bits per heavy atom. The second kappa shape index (κ2) is 10.9. The number of rotatable bonds is 7. The summed E-state index contributed by atoms with van der Waals surface area (Å²) in [6.45, 7) is 4.16. The number of aryl methyl sites for hydroxylation is 1. The fourth-order valence-electron chi connectivity index (χ4n) is 2.40. The second-order valence-corrected chi connectivity index (χ2v) is 7.49. The fraction of sp³-hybridized carbons (Fsp3) is 0.562. The number of hydrogen-bond donors (Lipinski definition) is 3. The Morgan fingerprint density at radius 2 is 1.96 bits per heavy atom. The maximum absolute atomic E-state index is 12.2. The molecule has 1 heterocycles. The molecule has 1 aromatic rings. The molecule has 0 radical (unpaired) electrons. The molecular formula is C16H27IN4O3S. The number of aliphatic imine (C=N–C) groups is 1. The van der Waals surface area contributed by atoms with Gasteiger partial charge in [-0.2, -0.15) is 0 Å². The van der Waals surface area contributed by atoms with E-state index in [-0.39, 0.29) is 41.5 Å². The normalized spacial score (nSPS) is 17.8. The van der Waals surface area contributed by atoms with Crippen molar-refractivity contribution in [3.05, 3.63) is 29.8 Å². The standard InChI is InChI=1S/C16H26N4O3S.HI/c1-13-5-7-15(8-6-13)24(21,22)20-10-9-18-16(17-2)19-12-14-4-3-11-23-14;/h5-8,14,20H,3-4,9-12H2,1-2H3,(H2,17,18,19);1H. The molecule has 25 heavy (non-hydrogen) atoms. The second-order valence-electron chi connectivity index (χ2n) is 5.73. The molecule has 1 aliphatic heterocycles. The van der Waals surface area contributed by atoms with Crippen molar-refractivity contribution >= 4 is 40.0 Å². The quantitative estimate of drug-likeness (QED) is 0.236. The van der Waals surface area contributed by atoms with Crippen molar-refractivity contribution in [2.75, 3.05) is 33.3 Å². The van der Waals surface area contributed by atoms with Gasteiger partial charge in [0.2, 0.25) is 10.0 Å². The van der Waals surface area contributed by atoms with Gasteiger partial charge in [0.15, 0.2) is 5.96 Å². The van der Waals surface area contributed by atoms with Crippen molar-refractivity contribution in [2.24, 2.45) is 4.99 Å². The van der Waals surface area contributed by atoms with Gasteiger partial charge in [0, 0.05) is 33.3 Å². The number of nitrogens with one attached hydrogen (secondary N) is 3. The summed E-state index contributed by atoms with van der Waals surface area (Å²) in [4.78, 5) is 4.38. The van der Waals surface area contributed by atoms with E-state index in [2.05, 4.69) is 20.3 Å². The average Bonchev–Trinajstić information content (AvgIpc) is 3.08. The molecule has 0 bridgehead atoms. The molecule has 1 aliphatic rings. The Kier molecular flexibility index (Phi) is 9.69. The molecule has 2 rings (SSSR count). The van der Waals surface area contributed by atoms with Gasteiger partial charge in [-0.25, -0.2) is 13.1 Å². The number of benzene rings is 1. The van der Waals surface area contributed by atoms with Crippen LogP contribution in [0.5, 0.6) is 0 Å². The number of hydrogen-bond acceptors (Lipinski definition) is 4. The first-order valence-corrected chi connectivity index (χ1v) is 9.62. The van der Waals surface area contributed by atoms with Gasteiger partial charge in [-0.05, 0) is 31.9 Å². The van der Waals surface area contributed by atoms with Crippen LogP contribution in [0.3, 0.4) is 0 Å². The lowest BCUT2D eigenvalue weighted by molar-refractivity contribution is 0.114. The van der Waals surface area contributed by atoms with E-state index in [1.165, 1.54) is 0 Å². The summed E-state index contributed by atoms with van der Waals surface area (Å²) in [6.07, 6.45) is 2.38. The lowest BCUT2D eigenvalue weighted by Crippen LogP contribution is -2.43. The van der Waals surface area contributed by atoms with E-state index in [1.54, 1.807) is 31.3 Å². The van der Waals surface area contributed by atoms with Crippen LogP contribution in [0.15, 0.2) is 34.2 Å². The Balaban J connectivity index is 0.00000312. The molecule has 0 spiro atoms. The molecule has 1 unspecified atom stereocenters. The zero-order chi connectivity index (χ0) is 17.4. The lowest BCUT2D eigenvalue weighted by Gasteiger charge is -2.15. The summed E-state index contributed by atoms with van der Waals surface area (Å²) in [6, 6.07) is 6.77. The highest BCUT2D eigenvalue weighted by atomic mass is 127. The topological polar surface area (TPSA) is 91.8 Å². The molecule has 0 amide bonds. The van der Waals surface area contributed by atoms with Gasteiger partial charge in [0.25, 0.3) is 0 Å². The highest BCUT2D eigenvalue weighted by Crippen LogP contribution is 2.10. The summed E-state index contributed by atoms with van der Waals surface area (Å²) in [7, 11) is -1.80. The molecule has 1 saturated heterocycles. The third-order valence-corrected chi connectivity index (χ3v) is 5.26. The molecular weight excluding hydrogens is 455 g/mol. The van der Waals surface area contributed by atoms with Crippen molar-refractivity contribution in [1.29, 1.82) is 0 Å². The van der Waals surface area contributed by atoms with Gasteiger partial charge in [-0.15, -0.1) is 24.0 Å². The Hall–Kier alpha value is -0.910. The monoisotopic (exact) mass is 482 g/mol. The number of halogens is 1. The summed E-state index contributed by atoms with van der Waals surface area (Å²) in [5.74, 6) is 0.639. The average molecular weight is 482 g/mol. The molecule has 7 nitrogen and oxygen atoms in total. The largest absolute Gasteiger partial charge is 0.376 e. The van der Waals surface area contributed by atoms with Gasteiger partial charge in [0.1, 0.15) is 0 Å².